The number of hydrogen-bond acceptors (Lipinski definition) is 5. The standard InChI is InChI=1S/C28H31N5O2/c1-3-29-23-9-12-27(30-19-23)35-24-10-11-25-22(17-24)18-26(31(25)2)28(34)33-15-13-32(14-16-33)20-21-7-5-4-6-8-21/h4-12,17-19,29H,3,13-16,20H2,1-2H3. The number of aryl methyl sites for hydroxylation is 1. The number of piperazine rings is 1. The van der Waals surface area contributed by atoms with Crippen LogP contribution < -0.4 is 10.1 Å². The van der Waals surface area contributed by atoms with E-state index in [-0.39, 0.29) is 5.91 Å². The second-order valence-corrected chi connectivity index (χ2v) is 8.88. The van der Waals surface area contributed by atoms with Gasteiger partial charge in [-0.1, -0.05) is 30.3 Å². The Balaban J connectivity index is 1.25. The van der Waals surface area contributed by atoms with Crippen molar-refractivity contribution in [3.63, 3.8) is 0 Å². The van der Waals surface area contributed by atoms with Crippen molar-refractivity contribution in [3.8, 4) is 11.6 Å². The van der Waals surface area contributed by atoms with Crippen LogP contribution in [0.2, 0.25) is 0 Å². The van der Waals surface area contributed by atoms with Crippen molar-refractivity contribution < 1.29 is 9.53 Å². The molecule has 0 spiro atoms. The second-order valence-electron chi connectivity index (χ2n) is 8.88. The van der Waals surface area contributed by atoms with Gasteiger partial charge in [0, 0.05) is 63.3 Å². The van der Waals surface area contributed by atoms with Crippen LogP contribution in [0.1, 0.15) is 23.0 Å². The van der Waals surface area contributed by atoms with Crippen molar-refractivity contribution in [1.29, 1.82) is 0 Å². The number of ether oxygens (including phenoxy) is 1. The van der Waals surface area contributed by atoms with E-state index in [9.17, 15) is 4.79 Å². The Morgan fingerprint density at radius 3 is 2.51 bits per heavy atom. The molecule has 4 aromatic rings. The van der Waals surface area contributed by atoms with Gasteiger partial charge in [-0.15, -0.1) is 0 Å². The predicted molar refractivity (Wildman–Crippen MR) is 139 cm³/mol. The highest BCUT2D eigenvalue weighted by atomic mass is 16.5. The molecule has 1 N–H and O–H groups in total. The average Bonchev–Trinajstić information content (AvgIpc) is 3.21. The van der Waals surface area contributed by atoms with Gasteiger partial charge in [0.2, 0.25) is 5.88 Å². The smallest absolute Gasteiger partial charge is 0.270 e. The monoisotopic (exact) mass is 469 g/mol. The molecule has 180 valence electrons. The Bertz CT molecular complexity index is 1290. The number of anilines is 1. The van der Waals surface area contributed by atoms with E-state index >= 15 is 0 Å². The van der Waals surface area contributed by atoms with Crippen LogP contribution in [0.3, 0.4) is 0 Å². The van der Waals surface area contributed by atoms with Crippen molar-refractivity contribution in [2.45, 2.75) is 13.5 Å². The molecule has 0 bridgehead atoms. The van der Waals surface area contributed by atoms with Gasteiger partial charge in [-0.05, 0) is 42.8 Å². The SMILES string of the molecule is CCNc1ccc(Oc2ccc3c(c2)cc(C(=O)N2CCN(Cc4ccccc4)CC2)n3C)nc1. The number of pyridine rings is 1. The fourth-order valence-electron chi connectivity index (χ4n) is 4.58. The fraction of sp³-hybridized carbons (Fsp3) is 0.286. The molecule has 0 saturated carbocycles. The highest BCUT2D eigenvalue weighted by Gasteiger charge is 2.24. The summed E-state index contributed by atoms with van der Waals surface area (Å²) in [7, 11) is 1.95. The summed E-state index contributed by atoms with van der Waals surface area (Å²) in [5.74, 6) is 1.30. The molecular formula is C28H31N5O2. The van der Waals surface area contributed by atoms with Crippen LogP contribution in [0.5, 0.6) is 11.6 Å². The summed E-state index contributed by atoms with van der Waals surface area (Å²) in [6, 6.07) is 22.1. The zero-order valence-electron chi connectivity index (χ0n) is 20.3. The van der Waals surface area contributed by atoms with Gasteiger partial charge in [-0.2, -0.15) is 0 Å². The zero-order chi connectivity index (χ0) is 24.2. The summed E-state index contributed by atoms with van der Waals surface area (Å²) in [6.07, 6.45) is 1.76. The van der Waals surface area contributed by atoms with Gasteiger partial charge in [-0.3, -0.25) is 9.69 Å². The minimum atomic E-state index is 0.0752. The molecule has 5 rings (SSSR count). The highest BCUT2D eigenvalue weighted by Crippen LogP contribution is 2.28. The molecule has 2 aromatic heterocycles. The minimum absolute atomic E-state index is 0.0752. The first-order valence-electron chi connectivity index (χ1n) is 12.1. The molecule has 0 radical (unpaired) electrons. The molecule has 3 heterocycles. The summed E-state index contributed by atoms with van der Waals surface area (Å²) < 4.78 is 7.93. The van der Waals surface area contributed by atoms with Crippen LogP contribution >= 0.6 is 0 Å². The Hall–Kier alpha value is -3.84. The molecule has 7 heteroatoms. The first-order valence-corrected chi connectivity index (χ1v) is 12.1. The topological polar surface area (TPSA) is 62.6 Å². The summed E-state index contributed by atoms with van der Waals surface area (Å²) >= 11 is 0. The predicted octanol–water partition coefficient (Wildman–Crippen LogP) is 4.76. The minimum Gasteiger partial charge on any atom is -0.439 e. The molecule has 1 amide bonds. The maximum atomic E-state index is 13.4. The summed E-state index contributed by atoms with van der Waals surface area (Å²) in [4.78, 5) is 22.1. The number of carbonyl (C=O) groups is 1. The lowest BCUT2D eigenvalue weighted by Crippen LogP contribution is -2.48. The van der Waals surface area contributed by atoms with E-state index in [4.69, 9.17) is 4.74 Å². The number of nitrogens with zero attached hydrogens (tertiary/aromatic N) is 4. The largest absolute Gasteiger partial charge is 0.439 e. The number of fused-ring (bicyclic) bond motifs is 1. The van der Waals surface area contributed by atoms with Crippen LogP contribution in [0.25, 0.3) is 10.9 Å². The maximum Gasteiger partial charge on any atom is 0.270 e. The summed E-state index contributed by atoms with van der Waals surface area (Å²) in [5, 5.41) is 4.20. The lowest BCUT2D eigenvalue weighted by molar-refractivity contribution is 0.0619. The van der Waals surface area contributed by atoms with E-state index in [0.29, 0.717) is 17.3 Å². The third kappa shape index (κ3) is 5.15. The molecule has 7 nitrogen and oxygen atoms in total. The van der Waals surface area contributed by atoms with Gasteiger partial charge in [-0.25, -0.2) is 4.98 Å². The number of carbonyl (C=O) groups excluding carboxylic acids is 1. The number of rotatable bonds is 7. The van der Waals surface area contributed by atoms with E-state index in [0.717, 1.165) is 55.9 Å². The normalized spacial score (nSPS) is 14.3. The third-order valence-electron chi connectivity index (χ3n) is 6.48. The number of nitrogens with one attached hydrogen (secondary N) is 1. The first-order chi connectivity index (χ1) is 17.1. The van der Waals surface area contributed by atoms with Gasteiger partial charge in [0.05, 0.1) is 11.9 Å². The lowest BCUT2D eigenvalue weighted by Gasteiger charge is -2.34. The Morgan fingerprint density at radius 2 is 1.80 bits per heavy atom. The second kappa shape index (κ2) is 10.2. The van der Waals surface area contributed by atoms with E-state index in [1.165, 1.54) is 5.56 Å². The number of aromatic nitrogens is 2. The number of hydrogen-bond donors (Lipinski definition) is 1. The van der Waals surface area contributed by atoms with Crippen molar-refractivity contribution >= 4 is 22.5 Å². The third-order valence-corrected chi connectivity index (χ3v) is 6.48. The Labute approximate surface area is 205 Å². The molecule has 1 aliphatic heterocycles. The van der Waals surface area contributed by atoms with E-state index in [1.54, 1.807) is 6.20 Å². The van der Waals surface area contributed by atoms with Gasteiger partial charge in [0.1, 0.15) is 11.4 Å². The van der Waals surface area contributed by atoms with Crippen molar-refractivity contribution in [2.24, 2.45) is 7.05 Å². The van der Waals surface area contributed by atoms with Crippen LogP contribution in [-0.4, -0.2) is 58.0 Å². The zero-order valence-corrected chi connectivity index (χ0v) is 20.3. The molecule has 0 aliphatic carbocycles. The van der Waals surface area contributed by atoms with Crippen LogP contribution in [-0.2, 0) is 13.6 Å². The summed E-state index contributed by atoms with van der Waals surface area (Å²) in [6.45, 7) is 7.03. The van der Waals surface area contributed by atoms with Crippen molar-refractivity contribution in [2.75, 3.05) is 38.0 Å². The van der Waals surface area contributed by atoms with Gasteiger partial charge >= 0.3 is 0 Å². The van der Waals surface area contributed by atoms with E-state index in [1.807, 2.05) is 65.9 Å². The summed E-state index contributed by atoms with van der Waals surface area (Å²) in [5.41, 5.74) is 3.96. The molecular weight excluding hydrogens is 438 g/mol. The quantitative estimate of drug-likeness (QED) is 0.423. The van der Waals surface area contributed by atoms with E-state index in [2.05, 4.69) is 39.5 Å². The average molecular weight is 470 g/mol. The molecule has 0 atom stereocenters. The molecule has 2 aromatic carbocycles. The molecule has 1 aliphatic rings. The number of amides is 1. The highest BCUT2D eigenvalue weighted by molar-refractivity contribution is 5.99. The first kappa shape index (κ1) is 22.9. The number of benzene rings is 2. The van der Waals surface area contributed by atoms with Crippen LogP contribution in [0, 0.1) is 0 Å². The fourth-order valence-corrected chi connectivity index (χ4v) is 4.58. The Morgan fingerprint density at radius 1 is 1.00 bits per heavy atom. The maximum absolute atomic E-state index is 13.4. The molecule has 35 heavy (non-hydrogen) atoms. The van der Waals surface area contributed by atoms with Crippen molar-refractivity contribution in [1.82, 2.24) is 19.4 Å². The van der Waals surface area contributed by atoms with Crippen LogP contribution in [0.4, 0.5) is 5.69 Å². The van der Waals surface area contributed by atoms with Gasteiger partial charge in [0.25, 0.3) is 5.91 Å². The molecule has 0 unspecified atom stereocenters. The van der Waals surface area contributed by atoms with Crippen LogP contribution in [0.15, 0.2) is 72.9 Å². The Kier molecular flexibility index (Phi) is 6.68. The van der Waals surface area contributed by atoms with Crippen molar-refractivity contribution in [3.05, 3.63) is 84.2 Å². The van der Waals surface area contributed by atoms with Gasteiger partial charge in [0.15, 0.2) is 0 Å². The van der Waals surface area contributed by atoms with E-state index < -0.39 is 0 Å². The lowest BCUT2D eigenvalue weighted by atomic mass is 10.2. The molecule has 1 saturated heterocycles. The van der Waals surface area contributed by atoms with Gasteiger partial charge < -0.3 is 19.5 Å². The molecule has 1 fully saturated rings.